The lowest BCUT2D eigenvalue weighted by atomic mass is 9.85. The van der Waals surface area contributed by atoms with Crippen molar-refractivity contribution in [2.45, 2.75) is 19.4 Å². The first kappa shape index (κ1) is 25.2. The van der Waals surface area contributed by atoms with Crippen LogP contribution in [0, 0.1) is 11.3 Å². The second-order valence-electron chi connectivity index (χ2n) is 7.86. The zero-order chi connectivity index (χ0) is 25.5. The third kappa shape index (κ3) is 6.00. The number of rotatable bonds is 8. The van der Waals surface area contributed by atoms with Gasteiger partial charge in [0.1, 0.15) is 12.4 Å². The van der Waals surface area contributed by atoms with Crippen LogP contribution in [0.25, 0.3) is 0 Å². The van der Waals surface area contributed by atoms with E-state index in [-0.39, 0.29) is 23.8 Å². The summed E-state index contributed by atoms with van der Waals surface area (Å²) in [4.78, 5) is 25.7. The molecule has 0 saturated heterocycles. The lowest BCUT2D eigenvalue weighted by Crippen LogP contribution is -2.30. The number of esters is 1. The number of amides is 1. The van der Waals surface area contributed by atoms with Gasteiger partial charge in [0.25, 0.3) is 5.91 Å². The van der Waals surface area contributed by atoms with Crippen molar-refractivity contribution in [2.24, 2.45) is 0 Å². The summed E-state index contributed by atoms with van der Waals surface area (Å²) in [5.74, 6) is -1.12. The minimum Gasteiger partial charge on any atom is -0.468 e. The third-order valence-electron chi connectivity index (χ3n) is 5.40. The molecule has 0 saturated carbocycles. The number of carbonyl (C=O) groups is 2. The van der Waals surface area contributed by atoms with Gasteiger partial charge in [0, 0.05) is 16.4 Å². The van der Waals surface area contributed by atoms with Crippen molar-refractivity contribution in [3.8, 4) is 6.07 Å². The molecule has 0 radical (unpaired) electrons. The van der Waals surface area contributed by atoms with Gasteiger partial charge in [-0.3, -0.25) is 9.59 Å². The molecule has 1 aliphatic rings. The van der Waals surface area contributed by atoms with Crippen LogP contribution in [0.4, 0.5) is 5.69 Å². The predicted molar refractivity (Wildman–Crippen MR) is 139 cm³/mol. The van der Waals surface area contributed by atoms with Gasteiger partial charge in [-0.25, -0.2) is 0 Å². The molecule has 1 amide bonds. The molecule has 2 N–H and O–H groups in total. The quantitative estimate of drug-likeness (QED) is 0.365. The van der Waals surface area contributed by atoms with E-state index >= 15 is 0 Å². The van der Waals surface area contributed by atoms with Crippen LogP contribution < -0.4 is 10.6 Å². The summed E-state index contributed by atoms with van der Waals surface area (Å²) < 4.78 is 11.0. The van der Waals surface area contributed by atoms with E-state index in [4.69, 9.17) is 20.8 Å². The number of dihydropyridines is 1. The Hall–Kier alpha value is -3.93. The molecule has 36 heavy (non-hydrogen) atoms. The predicted octanol–water partition coefficient (Wildman–Crippen LogP) is 5.74. The molecule has 1 unspecified atom stereocenters. The molecule has 7 nitrogen and oxygen atoms in total. The molecule has 2 heterocycles. The van der Waals surface area contributed by atoms with Gasteiger partial charge in [-0.1, -0.05) is 53.7 Å². The first-order valence-corrected chi connectivity index (χ1v) is 12.4. The van der Waals surface area contributed by atoms with E-state index in [2.05, 4.69) is 16.7 Å². The molecule has 1 aromatic heterocycles. The lowest BCUT2D eigenvalue weighted by molar-refractivity contribution is -0.141. The standard InChI is InChI=1S/C27H22ClN3O4S/c1-17-24(26(33)31-20-11-9-19(28)10-12-20)25(22-8-5-13-34-22)21(14-29)27(30-17)36-16-23(32)35-15-18-6-3-2-4-7-18/h2-13,25,30H,15-16H2,1H3,(H,31,33). The Labute approximate surface area is 217 Å². The zero-order valence-electron chi connectivity index (χ0n) is 19.3. The fraction of sp³-hybridized carbons (Fsp3) is 0.148. The van der Waals surface area contributed by atoms with Gasteiger partial charge in [-0.05, 0) is 48.9 Å². The van der Waals surface area contributed by atoms with E-state index < -0.39 is 11.9 Å². The second kappa shape index (κ2) is 11.7. The van der Waals surface area contributed by atoms with Crippen molar-refractivity contribution in [1.82, 2.24) is 5.32 Å². The summed E-state index contributed by atoms with van der Waals surface area (Å²) in [6.07, 6.45) is 1.49. The molecule has 0 spiro atoms. The summed E-state index contributed by atoms with van der Waals surface area (Å²) in [5.41, 5.74) is 2.61. The number of nitrogens with one attached hydrogen (secondary N) is 2. The molecule has 182 valence electrons. The van der Waals surface area contributed by atoms with E-state index in [9.17, 15) is 14.9 Å². The summed E-state index contributed by atoms with van der Waals surface area (Å²) in [7, 11) is 0. The topological polar surface area (TPSA) is 104 Å². The molecular formula is C27H22ClN3O4S. The second-order valence-corrected chi connectivity index (χ2v) is 9.28. The van der Waals surface area contributed by atoms with Crippen molar-refractivity contribution in [1.29, 1.82) is 5.26 Å². The number of allylic oxidation sites excluding steroid dienone is 2. The third-order valence-corrected chi connectivity index (χ3v) is 6.64. The number of hydrogen-bond acceptors (Lipinski definition) is 7. The molecule has 2 aromatic carbocycles. The number of carbonyl (C=O) groups excluding carboxylic acids is 2. The Morgan fingerprint density at radius 2 is 1.89 bits per heavy atom. The Morgan fingerprint density at radius 3 is 2.56 bits per heavy atom. The first-order chi connectivity index (χ1) is 17.5. The van der Waals surface area contributed by atoms with Gasteiger partial charge in [-0.2, -0.15) is 5.26 Å². The zero-order valence-corrected chi connectivity index (χ0v) is 20.9. The highest BCUT2D eigenvalue weighted by atomic mass is 35.5. The number of hydrogen-bond donors (Lipinski definition) is 2. The molecule has 1 aliphatic heterocycles. The van der Waals surface area contributed by atoms with Crippen LogP contribution >= 0.6 is 23.4 Å². The van der Waals surface area contributed by atoms with Crippen molar-refractivity contribution < 1.29 is 18.7 Å². The fourth-order valence-electron chi connectivity index (χ4n) is 3.71. The summed E-state index contributed by atoms with van der Waals surface area (Å²) in [6.45, 7) is 1.91. The first-order valence-electron chi connectivity index (χ1n) is 11.0. The van der Waals surface area contributed by atoms with Gasteiger partial charge in [0.2, 0.25) is 0 Å². The van der Waals surface area contributed by atoms with Crippen LogP contribution in [-0.2, 0) is 20.9 Å². The molecule has 3 aromatic rings. The number of furan rings is 1. The highest BCUT2D eigenvalue weighted by Gasteiger charge is 2.36. The monoisotopic (exact) mass is 519 g/mol. The minimum atomic E-state index is -0.749. The Balaban J connectivity index is 1.53. The number of nitrogens with zero attached hydrogens (tertiary/aromatic N) is 1. The van der Waals surface area contributed by atoms with Gasteiger partial charge in [0.05, 0.1) is 40.2 Å². The summed E-state index contributed by atoms with van der Waals surface area (Å²) >= 11 is 7.09. The number of ether oxygens (including phenoxy) is 1. The summed E-state index contributed by atoms with van der Waals surface area (Å²) in [6, 6.07) is 21.7. The highest BCUT2D eigenvalue weighted by molar-refractivity contribution is 8.03. The molecule has 0 bridgehead atoms. The van der Waals surface area contributed by atoms with E-state index in [0.717, 1.165) is 17.3 Å². The minimum absolute atomic E-state index is 0.00912. The number of anilines is 1. The van der Waals surface area contributed by atoms with E-state index in [1.165, 1.54) is 6.26 Å². The SMILES string of the molecule is CC1=C(C(=O)Nc2ccc(Cl)cc2)C(c2ccco2)C(C#N)=C(SCC(=O)OCc2ccccc2)N1. The van der Waals surface area contributed by atoms with E-state index in [1.54, 1.807) is 43.3 Å². The highest BCUT2D eigenvalue weighted by Crippen LogP contribution is 2.41. The molecule has 0 aliphatic carbocycles. The van der Waals surface area contributed by atoms with Gasteiger partial charge in [0.15, 0.2) is 0 Å². The molecule has 0 fully saturated rings. The van der Waals surface area contributed by atoms with Crippen LogP contribution in [0.3, 0.4) is 0 Å². The van der Waals surface area contributed by atoms with Gasteiger partial charge >= 0.3 is 5.97 Å². The van der Waals surface area contributed by atoms with Crippen LogP contribution in [0.5, 0.6) is 0 Å². The van der Waals surface area contributed by atoms with E-state index in [1.807, 2.05) is 30.3 Å². The number of halogens is 1. The average molecular weight is 520 g/mol. The maximum atomic E-state index is 13.3. The number of benzene rings is 2. The maximum Gasteiger partial charge on any atom is 0.316 e. The Bertz CT molecular complexity index is 1340. The van der Waals surface area contributed by atoms with Crippen LogP contribution in [-0.4, -0.2) is 17.6 Å². The fourth-order valence-corrected chi connectivity index (χ4v) is 4.73. The van der Waals surface area contributed by atoms with Crippen molar-refractivity contribution >= 4 is 40.9 Å². The molecule has 1 atom stereocenters. The maximum absolute atomic E-state index is 13.3. The molecule has 9 heteroatoms. The smallest absolute Gasteiger partial charge is 0.316 e. The van der Waals surface area contributed by atoms with Gasteiger partial charge in [-0.15, -0.1) is 0 Å². The van der Waals surface area contributed by atoms with Crippen molar-refractivity contribution in [3.63, 3.8) is 0 Å². The Morgan fingerprint density at radius 1 is 1.14 bits per heavy atom. The largest absolute Gasteiger partial charge is 0.468 e. The summed E-state index contributed by atoms with van der Waals surface area (Å²) in [5, 5.41) is 17.1. The molecular weight excluding hydrogens is 498 g/mol. The van der Waals surface area contributed by atoms with Crippen molar-refractivity contribution in [2.75, 3.05) is 11.1 Å². The van der Waals surface area contributed by atoms with Crippen LogP contribution in [0.1, 0.15) is 24.2 Å². The van der Waals surface area contributed by atoms with E-state index in [0.29, 0.717) is 32.8 Å². The number of thioether (sulfide) groups is 1. The number of nitriles is 1. The van der Waals surface area contributed by atoms with Gasteiger partial charge < -0.3 is 19.8 Å². The van der Waals surface area contributed by atoms with Crippen LogP contribution in [0.15, 0.2) is 99.3 Å². The average Bonchev–Trinajstić information content (AvgIpc) is 3.42. The van der Waals surface area contributed by atoms with Crippen LogP contribution in [0.2, 0.25) is 5.02 Å². The Kier molecular flexibility index (Phi) is 8.16. The normalized spacial score (nSPS) is 15.2. The van der Waals surface area contributed by atoms with Crippen molar-refractivity contribution in [3.05, 3.63) is 111 Å². The lowest BCUT2D eigenvalue weighted by Gasteiger charge is -2.28. The molecule has 4 rings (SSSR count).